The molecule has 0 aromatic heterocycles. The Morgan fingerprint density at radius 3 is 0.850 bits per heavy atom. The Morgan fingerprint density at radius 2 is 0.525 bits per heavy atom. The first kappa shape index (κ1) is 44.8. The molecule has 1 aliphatic carbocycles. The molecule has 368 valence electrons. The highest BCUT2D eigenvalue weighted by Gasteiger charge is 2.39. The third-order valence-electron chi connectivity index (χ3n) is 17.9. The van der Waals surface area contributed by atoms with Crippen molar-refractivity contribution >= 4 is 97.0 Å². The van der Waals surface area contributed by atoms with E-state index in [9.17, 15) is 0 Å². The molecule has 0 unspecified atom stereocenters. The van der Waals surface area contributed by atoms with Crippen molar-refractivity contribution in [3.63, 3.8) is 0 Å². The second-order valence-corrected chi connectivity index (χ2v) is 22.0. The average molecular weight is 1010 g/mol. The summed E-state index contributed by atoms with van der Waals surface area (Å²) in [5, 5.41) is 23.3. The third-order valence-corrected chi connectivity index (χ3v) is 17.9. The highest BCUT2D eigenvalue weighted by molar-refractivity contribution is 6.28. The van der Waals surface area contributed by atoms with Gasteiger partial charge in [0.2, 0.25) is 0 Å². The van der Waals surface area contributed by atoms with Crippen molar-refractivity contribution < 1.29 is 0 Å². The fourth-order valence-corrected chi connectivity index (χ4v) is 14.2. The Morgan fingerprint density at radius 1 is 0.250 bits per heavy atom. The van der Waals surface area contributed by atoms with Gasteiger partial charge in [0.25, 0.3) is 0 Å². The van der Waals surface area contributed by atoms with Gasteiger partial charge < -0.3 is 0 Å². The SMILES string of the molecule is C(#CC1C=CC=C1)c1ccc(C(c2ccc(-c3ccc4ccc5cccc6ccc3c4c56)cc2)(c2ccc(-c3ccc4ccc5cccc6ccc3c4c56)cc2)c2ccc(-c3ccc4ccc5cccc6ccc3c4c56)cc2)cc1. The molecule has 0 amide bonds. The molecule has 16 aromatic carbocycles. The molecule has 0 aliphatic heterocycles. The molecule has 17 rings (SSSR count). The lowest BCUT2D eigenvalue weighted by Gasteiger charge is -2.37. The number of hydrogen-bond donors (Lipinski definition) is 0. The fourth-order valence-electron chi connectivity index (χ4n) is 14.2. The van der Waals surface area contributed by atoms with Gasteiger partial charge in [-0.15, -0.1) is 0 Å². The van der Waals surface area contributed by atoms with Crippen LogP contribution in [0.3, 0.4) is 0 Å². The van der Waals surface area contributed by atoms with Crippen molar-refractivity contribution in [2.45, 2.75) is 5.41 Å². The fraction of sp³-hybridized carbons (Fsp3) is 0.0250. The van der Waals surface area contributed by atoms with E-state index in [0.29, 0.717) is 0 Å². The third kappa shape index (κ3) is 6.65. The molecule has 0 nitrogen and oxygen atoms in total. The number of allylic oxidation sites excluding steroid dienone is 4. The number of benzene rings is 16. The normalized spacial score (nSPS) is 13.0. The van der Waals surface area contributed by atoms with Crippen LogP contribution < -0.4 is 0 Å². The van der Waals surface area contributed by atoms with Crippen LogP contribution in [0.1, 0.15) is 27.8 Å². The summed E-state index contributed by atoms with van der Waals surface area (Å²) in [7, 11) is 0. The maximum Gasteiger partial charge on any atom is 0.0701 e. The van der Waals surface area contributed by atoms with Crippen LogP contribution in [-0.4, -0.2) is 0 Å². The number of rotatable bonds is 7. The van der Waals surface area contributed by atoms with Crippen molar-refractivity contribution in [1.29, 1.82) is 0 Å². The summed E-state index contributed by atoms with van der Waals surface area (Å²) >= 11 is 0. The molecule has 0 saturated heterocycles. The van der Waals surface area contributed by atoms with Gasteiger partial charge in [0.05, 0.1) is 11.3 Å². The van der Waals surface area contributed by atoms with Crippen molar-refractivity contribution in [1.82, 2.24) is 0 Å². The van der Waals surface area contributed by atoms with Crippen molar-refractivity contribution in [2.75, 3.05) is 0 Å². The monoisotopic (exact) mass is 1010 g/mol. The topological polar surface area (TPSA) is 0 Å². The van der Waals surface area contributed by atoms with Gasteiger partial charge in [-0.1, -0.05) is 285 Å². The molecule has 0 bridgehead atoms. The Kier molecular flexibility index (Phi) is 9.71. The Labute approximate surface area is 463 Å². The zero-order chi connectivity index (χ0) is 52.5. The zero-order valence-electron chi connectivity index (χ0n) is 43.7. The van der Waals surface area contributed by atoms with E-state index in [2.05, 4.69) is 297 Å². The molecular formula is C80H48. The highest BCUT2D eigenvalue weighted by atomic mass is 14.4. The summed E-state index contributed by atoms with van der Waals surface area (Å²) in [4.78, 5) is 0. The zero-order valence-corrected chi connectivity index (χ0v) is 43.7. The van der Waals surface area contributed by atoms with Gasteiger partial charge in [0.1, 0.15) is 0 Å². The maximum atomic E-state index is 3.51. The molecule has 16 aromatic rings. The molecule has 1 aliphatic rings. The largest absolute Gasteiger partial charge is 0.0861 e. The minimum atomic E-state index is -0.744. The highest BCUT2D eigenvalue weighted by Crippen LogP contribution is 2.49. The van der Waals surface area contributed by atoms with Gasteiger partial charge in [-0.25, -0.2) is 0 Å². The molecule has 0 radical (unpaired) electrons. The Hall–Kier alpha value is -10.3. The second kappa shape index (κ2) is 17.3. The predicted octanol–water partition coefficient (Wildman–Crippen LogP) is 20.9. The van der Waals surface area contributed by atoms with Gasteiger partial charge >= 0.3 is 0 Å². The molecule has 0 saturated carbocycles. The van der Waals surface area contributed by atoms with E-state index in [0.717, 1.165) is 5.56 Å². The van der Waals surface area contributed by atoms with Crippen molar-refractivity contribution in [3.8, 4) is 45.2 Å². The summed E-state index contributed by atoms with van der Waals surface area (Å²) in [6, 6.07) is 98.8. The molecule has 80 heavy (non-hydrogen) atoms. The average Bonchev–Trinajstić information content (AvgIpc) is 4.14. The quantitative estimate of drug-likeness (QED) is 0.0848. The summed E-state index contributed by atoms with van der Waals surface area (Å²) in [6.45, 7) is 0. The van der Waals surface area contributed by atoms with Crippen LogP contribution in [0.25, 0.3) is 130 Å². The molecule has 0 spiro atoms. The first-order valence-corrected chi connectivity index (χ1v) is 27.9. The summed E-state index contributed by atoms with van der Waals surface area (Å²) in [6.07, 6.45) is 8.46. The van der Waals surface area contributed by atoms with Gasteiger partial charge in [-0.2, -0.15) is 0 Å². The first-order valence-electron chi connectivity index (χ1n) is 27.9. The smallest absolute Gasteiger partial charge is 0.0701 e. The van der Waals surface area contributed by atoms with E-state index >= 15 is 0 Å². The van der Waals surface area contributed by atoms with Gasteiger partial charge in [0, 0.05) is 5.56 Å². The minimum absolute atomic E-state index is 0.125. The van der Waals surface area contributed by atoms with Gasteiger partial charge in [-0.05, 0) is 165 Å². The summed E-state index contributed by atoms with van der Waals surface area (Å²) < 4.78 is 0. The van der Waals surface area contributed by atoms with E-state index in [4.69, 9.17) is 0 Å². The molecule has 0 fully saturated rings. The van der Waals surface area contributed by atoms with Crippen LogP contribution in [0.2, 0.25) is 0 Å². The van der Waals surface area contributed by atoms with E-state index in [1.54, 1.807) is 0 Å². The van der Waals surface area contributed by atoms with Gasteiger partial charge in [0.15, 0.2) is 0 Å². The lowest BCUT2D eigenvalue weighted by molar-refractivity contribution is 0.745. The van der Waals surface area contributed by atoms with Crippen LogP contribution in [0.15, 0.2) is 285 Å². The van der Waals surface area contributed by atoms with E-state index in [1.807, 2.05) is 0 Å². The Balaban J connectivity index is 0.873. The van der Waals surface area contributed by atoms with Crippen LogP contribution >= 0.6 is 0 Å². The van der Waals surface area contributed by atoms with Gasteiger partial charge in [-0.3, -0.25) is 0 Å². The molecule has 0 heteroatoms. The van der Waals surface area contributed by atoms with Crippen molar-refractivity contribution in [3.05, 3.63) is 313 Å². The second-order valence-electron chi connectivity index (χ2n) is 22.0. The van der Waals surface area contributed by atoms with E-state index in [-0.39, 0.29) is 5.92 Å². The standard InChI is InChI=1S/C80H48/c1-2-7-50(6-1)14-15-51-16-36-64(37-17-51)80(65-38-24-52(25-39-65)68-44-30-61-21-18-55-8-3-11-58-33-47-71(68)77(61)74(55)58,66-40-26-53(27-41-66)69-45-31-62-22-19-56-9-4-12-59-34-48-72(69)78(62)75(56)59)67-42-28-54(29-43-67)70-46-32-63-23-20-57-10-5-13-60-35-49-73(70)79(63)76(57)60/h1-13,16-50H. The summed E-state index contributed by atoms with van der Waals surface area (Å²) in [5.74, 6) is 7.11. The van der Waals surface area contributed by atoms with Crippen LogP contribution in [0.5, 0.6) is 0 Å². The van der Waals surface area contributed by atoms with E-state index in [1.165, 1.54) is 153 Å². The van der Waals surface area contributed by atoms with Crippen LogP contribution in [0, 0.1) is 17.8 Å². The van der Waals surface area contributed by atoms with E-state index < -0.39 is 5.41 Å². The lowest BCUT2D eigenvalue weighted by Crippen LogP contribution is -2.31. The molecule has 0 heterocycles. The van der Waals surface area contributed by atoms with Crippen LogP contribution in [0.4, 0.5) is 0 Å². The number of hydrogen-bond acceptors (Lipinski definition) is 0. The minimum Gasteiger partial charge on any atom is -0.0861 e. The van der Waals surface area contributed by atoms with Crippen LogP contribution in [-0.2, 0) is 5.41 Å². The first-order chi connectivity index (χ1) is 39.6. The lowest BCUT2D eigenvalue weighted by atomic mass is 9.64. The maximum absolute atomic E-state index is 3.51. The molecular weight excluding hydrogens is 961 g/mol. The Bertz CT molecular complexity index is 4740. The summed E-state index contributed by atoms with van der Waals surface area (Å²) in [5.41, 5.74) is 12.3. The predicted molar refractivity (Wildman–Crippen MR) is 341 cm³/mol. The molecule has 0 N–H and O–H groups in total. The molecule has 0 atom stereocenters. The van der Waals surface area contributed by atoms with Crippen molar-refractivity contribution in [2.24, 2.45) is 5.92 Å².